The number of hydrogen-bond acceptors (Lipinski definition) is 6. The number of hydrogen-bond donors (Lipinski definition) is 1. The van der Waals surface area contributed by atoms with Crippen LogP contribution in [-0.2, 0) is 43.5 Å². The summed E-state index contributed by atoms with van der Waals surface area (Å²) in [7, 11) is 0. The molecular formula is C28H28N2O5. The standard InChI is InChI=1S/C28H28N2O5/c29-28(17-25(31)34-19-21-9-3-1-4-10-21)16-15-23-13-7-8-14-24(23)30(27(28)33)18-26(32)35-20-22-11-5-2-6-12-22/h1-14H,15-20,29H2. The smallest absolute Gasteiger partial charge is 0.326 e. The van der Waals surface area contributed by atoms with Gasteiger partial charge in [-0.3, -0.25) is 19.3 Å². The van der Waals surface area contributed by atoms with Gasteiger partial charge in [0.05, 0.1) is 6.42 Å². The fraction of sp³-hybridized carbons (Fsp3) is 0.250. The van der Waals surface area contributed by atoms with Crippen LogP contribution in [0.4, 0.5) is 5.69 Å². The number of anilines is 1. The van der Waals surface area contributed by atoms with Crippen LogP contribution in [0.15, 0.2) is 84.9 Å². The van der Waals surface area contributed by atoms with E-state index in [1.807, 2.05) is 72.8 Å². The SMILES string of the molecule is NC1(CC(=O)OCc2ccccc2)CCc2ccccc2N(CC(=O)OCc2ccccc2)C1=O. The summed E-state index contributed by atoms with van der Waals surface area (Å²) in [4.78, 5) is 40.3. The van der Waals surface area contributed by atoms with E-state index in [4.69, 9.17) is 15.2 Å². The van der Waals surface area contributed by atoms with Gasteiger partial charge in [-0.2, -0.15) is 0 Å². The molecule has 0 saturated heterocycles. The third-order valence-electron chi connectivity index (χ3n) is 6.03. The summed E-state index contributed by atoms with van der Waals surface area (Å²) in [6, 6.07) is 25.9. The Bertz CT molecular complexity index is 1180. The van der Waals surface area contributed by atoms with Crippen molar-refractivity contribution in [3.05, 3.63) is 102 Å². The number of amides is 1. The molecule has 1 aliphatic rings. The van der Waals surface area contributed by atoms with Crippen LogP contribution in [0.25, 0.3) is 0 Å². The van der Waals surface area contributed by atoms with E-state index in [2.05, 4.69) is 0 Å². The lowest BCUT2D eigenvalue weighted by Gasteiger charge is -2.31. The Morgan fingerprint density at radius 2 is 1.34 bits per heavy atom. The molecule has 2 N–H and O–H groups in total. The maximum Gasteiger partial charge on any atom is 0.326 e. The molecule has 3 aromatic rings. The lowest BCUT2D eigenvalue weighted by Crippen LogP contribution is -2.57. The molecule has 0 fully saturated rings. The molecule has 7 heteroatoms. The molecule has 0 bridgehead atoms. The number of rotatable bonds is 8. The van der Waals surface area contributed by atoms with Crippen molar-refractivity contribution >= 4 is 23.5 Å². The number of esters is 2. The summed E-state index contributed by atoms with van der Waals surface area (Å²) in [5.41, 5.74) is 8.19. The molecule has 0 radical (unpaired) electrons. The van der Waals surface area contributed by atoms with Crippen LogP contribution in [0, 0.1) is 0 Å². The first-order valence-electron chi connectivity index (χ1n) is 11.5. The zero-order valence-corrected chi connectivity index (χ0v) is 19.4. The Hall–Kier alpha value is -3.97. The Morgan fingerprint density at radius 1 is 0.800 bits per heavy atom. The number of carbonyl (C=O) groups excluding carboxylic acids is 3. The highest BCUT2D eigenvalue weighted by molar-refractivity contribution is 6.05. The van der Waals surface area contributed by atoms with E-state index in [1.54, 1.807) is 12.1 Å². The molecule has 1 amide bonds. The summed E-state index contributed by atoms with van der Waals surface area (Å²) in [6.45, 7) is -0.108. The predicted molar refractivity (Wildman–Crippen MR) is 131 cm³/mol. The minimum Gasteiger partial charge on any atom is -0.461 e. The molecule has 35 heavy (non-hydrogen) atoms. The summed E-state index contributed by atoms with van der Waals surface area (Å²) in [5, 5.41) is 0. The van der Waals surface area contributed by atoms with Gasteiger partial charge in [-0.25, -0.2) is 0 Å². The van der Waals surface area contributed by atoms with E-state index >= 15 is 0 Å². The normalized spacial score (nSPS) is 17.3. The van der Waals surface area contributed by atoms with Crippen LogP contribution >= 0.6 is 0 Å². The number of ether oxygens (including phenoxy) is 2. The maximum absolute atomic E-state index is 13.6. The Labute approximate surface area is 204 Å². The number of benzene rings is 3. The predicted octanol–water partition coefficient (Wildman–Crippen LogP) is 3.54. The molecule has 0 aromatic heterocycles. The van der Waals surface area contributed by atoms with E-state index in [0.29, 0.717) is 12.1 Å². The van der Waals surface area contributed by atoms with Gasteiger partial charge in [-0.05, 0) is 35.6 Å². The van der Waals surface area contributed by atoms with E-state index in [0.717, 1.165) is 16.7 Å². The second-order valence-corrected chi connectivity index (χ2v) is 8.65. The molecule has 4 rings (SSSR count). The Balaban J connectivity index is 1.47. The van der Waals surface area contributed by atoms with Crippen LogP contribution in [0.1, 0.15) is 29.5 Å². The first-order chi connectivity index (χ1) is 16.9. The van der Waals surface area contributed by atoms with E-state index in [1.165, 1.54) is 4.90 Å². The van der Waals surface area contributed by atoms with E-state index < -0.39 is 23.4 Å². The number of para-hydroxylation sites is 1. The minimum absolute atomic E-state index is 0.0969. The maximum atomic E-state index is 13.6. The first-order valence-corrected chi connectivity index (χ1v) is 11.5. The third-order valence-corrected chi connectivity index (χ3v) is 6.03. The van der Waals surface area contributed by atoms with Crippen LogP contribution in [0.5, 0.6) is 0 Å². The van der Waals surface area contributed by atoms with Crippen LogP contribution in [0.2, 0.25) is 0 Å². The largest absolute Gasteiger partial charge is 0.461 e. The van der Waals surface area contributed by atoms with Gasteiger partial charge in [0, 0.05) is 5.69 Å². The van der Waals surface area contributed by atoms with Gasteiger partial charge in [0.2, 0.25) is 5.91 Å². The Kier molecular flexibility index (Phi) is 7.57. The molecular weight excluding hydrogens is 444 g/mol. The summed E-state index contributed by atoms with van der Waals surface area (Å²) in [6.07, 6.45) is 0.445. The molecule has 0 aliphatic carbocycles. The first kappa shape index (κ1) is 24.2. The van der Waals surface area contributed by atoms with Crippen LogP contribution < -0.4 is 10.6 Å². The highest BCUT2D eigenvalue weighted by Gasteiger charge is 2.43. The average Bonchev–Trinajstić information content (AvgIpc) is 2.98. The van der Waals surface area contributed by atoms with Gasteiger partial charge in [-0.1, -0.05) is 78.9 Å². The van der Waals surface area contributed by atoms with Crippen molar-refractivity contribution in [2.75, 3.05) is 11.4 Å². The fourth-order valence-corrected chi connectivity index (χ4v) is 4.11. The number of aryl methyl sites for hydroxylation is 1. The molecule has 180 valence electrons. The lowest BCUT2D eigenvalue weighted by molar-refractivity contribution is -0.148. The van der Waals surface area contributed by atoms with Gasteiger partial charge >= 0.3 is 11.9 Å². The monoisotopic (exact) mass is 472 g/mol. The van der Waals surface area contributed by atoms with Crippen LogP contribution in [-0.4, -0.2) is 29.9 Å². The minimum atomic E-state index is -1.51. The molecule has 7 nitrogen and oxygen atoms in total. The molecule has 1 unspecified atom stereocenters. The van der Waals surface area contributed by atoms with Gasteiger partial charge in [-0.15, -0.1) is 0 Å². The molecule has 0 spiro atoms. The molecule has 1 atom stereocenters. The average molecular weight is 473 g/mol. The van der Waals surface area contributed by atoms with Gasteiger partial charge in [0.1, 0.15) is 25.3 Å². The second kappa shape index (κ2) is 11.0. The zero-order chi connectivity index (χ0) is 24.7. The number of nitrogens with zero attached hydrogens (tertiary/aromatic N) is 1. The second-order valence-electron chi connectivity index (χ2n) is 8.65. The lowest BCUT2D eigenvalue weighted by atomic mass is 9.89. The molecule has 1 aliphatic heterocycles. The van der Waals surface area contributed by atoms with Crippen molar-refractivity contribution in [2.24, 2.45) is 5.73 Å². The molecule has 0 saturated carbocycles. The highest BCUT2D eigenvalue weighted by atomic mass is 16.5. The van der Waals surface area contributed by atoms with Gasteiger partial charge in [0.15, 0.2) is 0 Å². The third kappa shape index (κ3) is 6.13. The fourth-order valence-electron chi connectivity index (χ4n) is 4.11. The van der Waals surface area contributed by atoms with Gasteiger partial charge < -0.3 is 15.2 Å². The quantitative estimate of drug-likeness (QED) is 0.504. The van der Waals surface area contributed by atoms with Crippen molar-refractivity contribution in [2.45, 2.75) is 38.0 Å². The van der Waals surface area contributed by atoms with Crippen molar-refractivity contribution < 1.29 is 23.9 Å². The zero-order valence-electron chi connectivity index (χ0n) is 19.4. The highest BCUT2D eigenvalue weighted by Crippen LogP contribution is 2.32. The Morgan fingerprint density at radius 3 is 1.97 bits per heavy atom. The number of nitrogens with two attached hydrogens (primary N) is 1. The van der Waals surface area contributed by atoms with Crippen molar-refractivity contribution in [3.63, 3.8) is 0 Å². The number of carbonyl (C=O) groups is 3. The summed E-state index contributed by atoms with van der Waals surface area (Å²) >= 11 is 0. The van der Waals surface area contributed by atoms with Crippen LogP contribution in [0.3, 0.4) is 0 Å². The number of fused-ring (bicyclic) bond motifs is 1. The molecule has 1 heterocycles. The van der Waals surface area contributed by atoms with Crippen molar-refractivity contribution in [3.8, 4) is 0 Å². The molecule has 3 aromatic carbocycles. The van der Waals surface area contributed by atoms with Crippen molar-refractivity contribution in [1.29, 1.82) is 0 Å². The van der Waals surface area contributed by atoms with Gasteiger partial charge in [0.25, 0.3) is 0 Å². The van der Waals surface area contributed by atoms with E-state index in [9.17, 15) is 14.4 Å². The topological polar surface area (TPSA) is 98.9 Å². The summed E-state index contributed by atoms with van der Waals surface area (Å²) in [5.74, 6) is -1.63. The van der Waals surface area contributed by atoms with E-state index in [-0.39, 0.29) is 32.6 Å². The summed E-state index contributed by atoms with van der Waals surface area (Å²) < 4.78 is 10.8. The van der Waals surface area contributed by atoms with Crippen molar-refractivity contribution in [1.82, 2.24) is 0 Å².